The molecule has 1 aromatic heterocycles. The first-order chi connectivity index (χ1) is 12.6. The van der Waals surface area contributed by atoms with Gasteiger partial charge in [-0.25, -0.2) is 4.98 Å². The number of rotatable bonds is 6. The van der Waals surface area contributed by atoms with Gasteiger partial charge in [-0.3, -0.25) is 9.59 Å². The van der Waals surface area contributed by atoms with Crippen LogP contribution in [-0.2, 0) is 17.1 Å². The predicted octanol–water partition coefficient (Wildman–Crippen LogP) is 2.90. The largest absolute Gasteiger partial charge is 0.355 e. The minimum Gasteiger partial charge on any atom is -0.355 e. The Kier molecular flexibility index (Phi) is 5.58. The van der Waals surface area contributed by atoms with Crippen LogP contribution in [0.25, 0.3) is 11.0 Å². The molecule has 0 fully saturated rings. The molecule has 3 aromatic rings. The fourth-order valence-corrected chi connectivity index (χ4v) is 3.21. The molecule has 2 amide bonds. The van der Waals surface area contributed by atoms with E-state index in [1.54, 1.807) is 43.1 Å². The summed E-state index contributed by atoms with van der Waals surface area (Å²) in [6, 6.07) is 14.6. The normalized spacial score (nSPS) is 10.7. The van der Waals surface area contributed by atoms with E-state index in [9.17, 15) is 9.59 Å². The van der Waals surface area contributed by atoms with Crippen LogP contribution in [0.5, 0.6) is 0 Å². The fraction of sp³-hybridized carbons (Fsp3) is 0.211. The zero-order chi connectivity index (χ0) is 18.5. The third-order valence-corrected chi connectivity index (χ3v) is 4.51. The van der Waals surface area contributed by atoms with E-state index in [1.807, 2.05) is 35.1 Å². The summed E-state index contributed by atoms with van der Waals surface area (Å²) >= 11 is 1.67. The topological polar surface area (TPSA) is 76.0 Å². The molecule has 1 heterocycles. The quantitative estimate of drug-likeness (QED) is 0.701. The van der Waals surface area contributed by atoms with Crippen LogP contribution in [0, 0.1) is 0 Å². The zero-order valence-corrected chi connectivity index (χ0v) is 15.5. The lowest BCUT2D eigenvalue weighted by Crippen LogP contribution is -2.20. The Morgan fingerprint density at radius 3 is 2.54 bits per heavy atom. The van der Waals surface area contributed by atoms with Crippen molar-refractivity contribution >= 4 is 40.3 Å². The number of fused-ring (bicyclic) bond motifs is 1. The molecule has 0 saturated heterocycles. The molecule has 0 saturated carbocycles. The van der Waals surface area contributed by atoms with Gasteiger partial charge in [-0.15, -0.1) is 0 Å². The van der Waals surface area contributed by atoms with Crippen molar-refractivity contribution in [3.05, 3.63) is 59.9 Å². The number of anilines is 1. The second-order valence-electron chi connectivity index (χ2n) is 5.74. The molecule has 0 radical (unpaired) electrons. The van der Waals surface area contributed by atoms with Crippen molar-refractivity contribution < 1.29 is 9.59 Å². The Labute approximate surface area is 156 Å². The Balaban J connectivity index is 1.77. The van der Waals surface area contributed by atoms with Crippen LogP contribution < -0.4 is 10.6 Å². The minimum atomic E-state index is -0.158. The van der Waals surface area contributed by atoms with Crippen LogP contribution in [-0.4, -0.2) is 34.7 Å². The molecule has 0 aliphatic carbocycles. The highest BCUT2D eigenvalue weighted by Gasteiger charge is 2.13. The lowest BCUT2D eigenvalue weighted by Gasteiger charge is -2.10. The number of thioether (sulfide) groups is 1. The third-order valence-electron chi connectivity index (χ3n) is 3.97. The molecule has 0 atom stereocenters. The van der Waals surface area contributed by atoms with E-state index in [0.29, 0.717) is 11.3 Å². The molecule has 0 aliphatic heterocycles. The maximum atomic E-state index is 12.5. The van der Waals surface area contributed by atoms with Gasteiger partial charge in [0, 0.05) is 18.3 Å². The van der Waals surface area contributed by atoms with Gasteiger partial charge < -0.3 is 15.2 Å². The fourth-order valence-electron chi connectivity index (χ4n) is 2.73. The van der Waals surface area contributed by atoms with E-state index in [2.05, 4.69) is 15.6 Å². The van der Waals surface area contributed by atoms with E-state index in [-0.39, 0.29) is 18.4 Å². The molecule has 0 spiro atoms. The van der Waals surface area contributed by atoms with Gasteiger partial charge in [-0.1, -0.05) is 12.1 Å². The maximum absolute atomic E-state index is 12.5. The first kappa shape index (κ1) is 18.0. The molecular weight excluding hydrogens is 348 g/mol. The summed E-state index contributed by atoms with van der Waals surface area (Å²) in [4.78, 5) is 28.7. The van der Waals surface area contributed by atoms with Gasteiger partial charge >= 0.3 is 0 Å². The van der Waals surface area contributed by atoms with Crippen molar-refractivity contribution in [2.45, 2.75) is 12.3 Å². The molecule has 0 bridgehead atoms. The first-order valence-electron chi connectivity index (χ1n) is 8.17. The summed E-state index contributed by atoms with van der Waals surface area (Å²) in [5, 5.41) is 5.44. The zero-order valence-electron chi connectivity index (χ0n) is 14.7. The number of benzene rings is 2. The molecule has 2 N–H and O–H groups in total. The number of carbonyl (C=O) groups is 2. The standard InChI is InChI=1S/C19H20N4O2S/c1-20-19(25)13-7-9-14(10-8-13)21-18(24)11-23-16-6-4-3-5-15(16)22-17(23)12-26-2/h3-10H,11-12H2,1-2H3,(H,20,25)(H,21,24). The number of hydrogen-bond donors (Lipinski definition) is 2. The second-order valence-corrected chi connectivity index (χ2v) is 6.61. The van der Waals surface area contributed by atoms with Crippen molar-refractivity contribution in [1.82, 2.24) is 14.9 Å². The average Bonchev–Trinajstić information content (AvgIpc) is 2.99. The van der Waals surface area contributed by atoms with Gasteiger partial charge in [0.05, 0.1) is 16.8 Å². The van der Waals surface area contributed by atoms with E-state index >= 15 is 0 Å². The number of aromatic nitrogens is 2. The summed E-state index contributed by atoms with van der Waals surface area (Å²) in [6.07, 6.45) is 2.01. The Morgan fingerprint density at radius 1 is 1.12 bits per heavy atom. The van der Waals surface area contributed by atoms with Crippen molar-refractivity contribution in [1.29, 1.82) is 0 Å². The van der Waals surface area contributed by atoms with Gasteiger partial charge in [0.25, 0.3) is 5.91 Å². The van der Waals surface area contributed by atoms with Gasteiger partial charge in [0.2, 0.25) is 5.91 Å². The molecule has 2 aromatic carbocycles. The number of hydrogen-bond acceptors (Lipinski definition) is 4. The SMILES string of the molecule is CNC(=O)c1ccc(NC(=O)Cn2c(CSC)nc3ccccc32)cc1. The maximum Gasteiger partial charge on any atom is 0.251 e. The van der Waals surface area contributed by atoms with Gasteiger partial charge in [-0.2, -0.15) is 11.8 Å². The van der Waals surface area contributed by atoms with Crippen LogP contribution in [0.3, 0.4) is 0 Å². The monoisotopic (exact) mass is 368 g/mol. The minimum absolute atomic E-state index is 0.136. The molecule has 7 heteroatoms. The second kappa shape index (κ2) is 8.05. The molecule has 26 heavy (non-hydrogen) atoms. The number of imidazole rings is 1. The summed E-state index contributed by atoms with van der Waals surface area (Å²) < 4.78 is 1.94. The summed E-state index contributed by atoms with van der Waals surface area (Å²) in [5.74, 6) is 1.32. The lowest BCUT2D eigenvalue weighted by molar-refractivity contribution is -0.116. The summed E-state index contributed by atoms with van der Waals surface area (Å²) in [6.45, 7) is 0.188. The van der Waals surface area contributed by atoms with Gasteiger partial charge in [0.1, 0.15) is 12.4 Å². The molecule has 0 aliphatic rings. The van der Waals surface area contributed by atoms with Crippen molar-refractivity contribution in [3.63, 3.8) is 0 Å². The third kappa shape index (κ3) is 3.88. The Morgan fingerprint density at radius 2 is 1.85 bits per heavy atom. The number of nitrogens with zero attached hydrogens (tertiary/aromatic N) is 2. The van der Waals surface area contributed by atoms with Crippen LogP contribution in [0.4, 0.5) is 5.69 Å². The van der Waals surface area contributed by atoms with Gasteiger partial charge in [0.15, 0.2) is 0 Å². The van der Waals surface area contributed by atoms with Crippen molar-refractivity contribution in [3.8, 4) is 0 Å². The number of nitrogens with one attached hydrogen (secondary N) is 2. The lowest BCUT2D eigenvalue weighted by atomic mass is 10.2. The van der Waals surface area contributed by atoms with Crippen LogP contribution >= 0.6 is 11.8 Å². The highest BCUT2D eigenvalue weighted by molar-refractivity contribution is 7.97. The number of amides is 2. The van der Waals surface area contributed by atoms with E-state index < -0.39 is 0 Å². The molecule has 134 valence electrons. The predicted molar refractivity (Wildman–Crippen MR) is 105 cm³/mol. The molecule has 6 nitrogen and oxygen atoms in total. The molecule has 0 unspecified atom stereocenters. The van der Waals surface area contributed by atoms with Crippen LogP contribution in [0.2, 0.25) is 0 Å². The van der Waals surface area contributed by atoms with E-state index in [0.717, 1.165) is 22.6 Å². The van der Waals surface area contributed by atoms with E-state index in [4.69, 9.17) is 0 Å². The average molecular weight is 368 g/mol. The molecule has 3 rings (SSSR count). The Hall–Kier alpha value is -2.80. The van der Waals surface area contributed by atoms with E-state index in [1.165, 1.54) is 0 Å². The van der Waals surface area contributed by atoms with Gasteiger partial charge in [-0.05, 0) is 42.7 Å². The van der Waals surface area contributed by atoms with Crippen LogP contribution in [0.15, 0.2) is 48.5 Å². The summed E-state index contributed by atoms with van der Waals surface area (Å²) in [7, 11) is 1.58. The first-order valence-corrected chi connectivity index (χ1v) is 9.57. The smallest absolute Gasteiger partial charge is 0.251 e. The highest BCUT2D eigenvalue weighted by atomic mass is 32.2. The summed E-state index contributed by atoms with van der Waals surface area (Å²) in [5.41, 5.74) is 3.03. The van der Waals surface area contributed by atoms with Crippen LogP contribution in [0.1, 0.15) is 16.2 Å². The molecular formula is C19H20N4O2S. The van der Waals surface area contributed by atoms with Crippen molar-refractivity contribution in [2.24, 2.45) is 0 Å². The highest BCUT2D eigenvalue weighted by Crippen LogP contribution is 2.19. The number of carbonyl (C=O) groups excluding carboxylic acids is 2. The Bertz CT molecular complexity index is 934. The number of para-hydroxylation sites is 2. The van der Waals surface area contributed by atoms with Crippen molar-refractivity contribution in [2.75, 3.05) is 18.6 Å².